The van der Waals surface area contributed by atoms with Crippen LogP contribution in [0.5, 0.6) is 0 Å². The Morgan fingerprint density at radius 1 is 0.864 bits per heavy atom. The van der Waals surface area contributed by atoms with Crippen LogP contribution in [0.2, 0.25) is 0 Å². The van der Waals surface area contributed by atoms with Crippen LogP contribution in [0.4, 0.5) is 0 Å². The minimum atomic E-state index is -1.23. The van der Waals surface area contributed by atoms with Crippen molar-refractivity contribution in [2.75, 3.05) is 0 Å². The Morgan fingerprint density at radius 3 is 1.68 bits per heavy atom. The molecule has 0 heterocycles. The molecule has 5 heteroatoms. The SMILES string of the molecule is CCCCCCCCCCCCCC(=O)OC(=O)C(C)O.[K]. The van der Waals surface area contributed by atoms with Crippen molar-refractivity contribution in [3.63, 3.8) is 0 Å². The molecule has 0 aliphatic heterocycles. The van der Waals surface area contributed by atoms with Crippen LogP contribution < -0.4 is 0 Å². The summed E-state index contributed by atoms with van der Waals surface area (Å²) in [5.74, 6) is -1.39. The Bertz CT molecular complexity index is 280. The van der Waals surface area contributed by atoms with E-state index in [0.29, 0.717) is 0 Å². The van der Waals surface area contributed by atoms with E-state index in [1.165, 1.54) is 58.3 Å². The van der Waals surface area contributed by atoms with Crippen LogP contribution in [-0.2, 0) is 14.3 Å². The summed E-state index contributed by atoms with van der Waals surface area (Å²) in [4.78, 5) is 22.2. The second-order valence-corrected chi connectivity index (χ2v) is 5.75. The van der Waals surface area contributed by atoms with E-state index in [-0.39, 0.29) is 57.8 Å². The summed E-state index contributed by atoms with van der Waals surface area (Å²) >= 11 is 0. The fourth-order valence-electron chi connectivity index (χ4n) is 2.18. The van der Waals surface area contributed by atoms with Gasteiger partial charge in [-0.3, -0.25) is 4.79 Å². The summed E-state index contributed by atoms with van der Waals surface area (Å²) in [6, 6.07) is 0. The van der Waals surface area contributed by atoms with Crippen LogP contribution in [-0.4, -0.2) is 74.5 Å². The Balaban J connectivity index is 0. The molecule has 0 rings (SSSR count). The monoisotopic (exact) mass is 339 g/mol. The molecule has 0 spiro atoms. The summed E-state index contributed by atoms with van der Waals surface area (Å²) in [7, 11) is 0. The summed E-state index contributed by atoms with van der Waals surface area (Å²) in [6.07, 6.45) is 12.4. The number of hydrogen-bond acceptors (Lipinski definition) is 4. The predicted octanol–water partition coefficient (Wildman–Crippen LogP) is 3.76. The van der Waals surface area contributed by atoms with Gasteiger partial charge in [-0.25, -0.2) is 4.79 Å². The van der Waals surface area contributed by atoms with E-state index in [1.54, 1.807) is 0 Å². The zero-order valence-electron chi connectivity index (χ0n) is 14.7. The molecule has 0 saturated heterocycles. The summed E-state index contributed by atoms with van der Waals surface area (Å²) in [5, 5.41) is 8.90. The topological polar surface area (TPSA) is 63.6 Å². The van der Waals surface area contributed by atoms with Gasteiger partial charge in [0.2, 0.25) is 0 Å². The number of ether oxygens (including phenoxy) is 1. The second-order valence-electron chi connectivity index (χ2n) is 5.75. The molecule has 4 nitrogen and oxygen atoms in total. The summed E-state index contributed by atoms with van der Waals surface area (Å²) < 4.78 is 4.48. The average molecular weight is 340 g/mol. The molecule has 0 fully saturated rings. The molecule has 1 N–H and O–H groups in total. The summed E-state index contributed by atoms with van der Waals surface area (Å²) in [5.41, 5.74) is 0. The molecule has 0 saturated carbocycles. The molecule has 0 amide bonds. The number of carbonyl (C=O) groups excluding carboxylic acids is 2. The van der Waals surface area contributed by atoms with Crippen molar-refractivity contribution in [2.45, 2.75) is 97.0 Å². The van der Waals surface area contributed by atoms with Crippen molar-refractivity contribution in [3.05, 3.63) is 0 Å². The Morgan fingerprint density at radius 2 is 1.27 bits per heavy atom. The first kappa shape index (κ1) is 25.0. The van der Waals surface area contributed by atoms with E-state index in [0.717, 1.165) is 19.3 Å². The van der Waals surface area contributed by atoms with Gasteiger partial charge in [0, 0.05) is 57.8 Å². The molecule has 0 aromatic carbocycles. The van der Waals surface area contributed by atoms with Gasteiger partial charge in [-0.2, -0.15) is 0 Å². The third kappa shape index (κ3) is 17.1. The number of hydrogen-bond donors (Lipinski definition) is 1. The van der Waals surface area contributed by atoms with E-state index in [4.69, 9.17) is 5.11 Å². The normalized spacial score (nSPS) is 11.6. The number of rotatable bonds is 13. The third-order valence-electron chi connectivity index (χ3n) is 3.54. The maximum atomic E-state index is 11.3. The van der Waals surface area contributed by atoms with Crippen LogP contribution >= 0.6 is 0 Å². The molecule has 125 valence electrons. The Kier molecular flexibility index (Phi) is 20.5. The molecule has 0 bridgehead atoms. The molecule has 0 aromatic rings. The van der Waals surface area contributed by atoms with Gasteiger partial charge in [-0.05, 0) is 13.3 Å². The van der Waals surface area contributed by atoms with Crippen LogP contribution in [0.1, 0.15) is 90.9 Å². The van der Waals surface area contributed by atoms with Gasteiger partial charge in [0.1, 0.15) is 6.10 Å². The Hall–Kier alpha value is 0.736. The predicted molar refractivity (Wildman–Crippen MR) is 89.6 cm³/mol. The average Bonchev–Trinajstić information content (AvgIpc) is 2.44. The number of aliphatic hydroxyl groups excluding tert-OH is 1. The van der Waals surface area contributed by atoms with Crippen LogP contribution in [0.15, 0.2) is 0 Å². The molecule has 22 heavy (non-hydrogen) atoms. The minimum Gasteiger partial charge on any atom is -0.391 e. The molecular formula is C17H32KO4. The van der Waals surface area contributed by atoms with E-state index >= 15 is 0 Å². The standard InChI is InChI=1S/C17H32O4.K/c1-3-4-5-6-7-8-9-10-11-12-13-14-16(19)21-17(20)15(2)18;/h15,18H,3-14H2,1-2H3;. The zero-order valence-corrected chi connectivity index (χ0v) is 17.9. The van der Waals surface area contributed by atoms with Crippen LogP contribution in [0.3, 0.4) is 0 Å². The first-order valence-electron chi connectivity index (χ1n) is 8.50. The van der Waals surface area contributed by atoms with Gasteiger partial charge in [0.05, 0.1) is 0 Å². The van der Waals surface area contributed by atoms with Crippen molar-refractivity contribution in [2.24, 2.45) is 0 Å². The molecule has 1 unspecified atom stereocenters. The quantitative estimate of drug-likeness (QED) is 0.240. The minimum absolute atomic E-state index is 0. The third-order valence-corrected chi connectivity index (χ3v) is 3.54. The van der Waals surface area contributed by atoms with Crippen LogP contribution in [0, 0.1) is 0 Å². The van der Waals surface area contributed by atoms with E-state index in [2.05, 4.69) is 11.7 Å². The van der Waals surface area contributed by atoms with E-state index in [9.17, 15) is 9.59 Å². The molecule has 1 radical (unpaired) electrons. The van der Waals surface area contributed by atoms with Gasteiger partial charge in [-0.15, -0.1) is 0 Å². The molecule has 0 aliphatic carbocycles. The fourth-order valence-corrected chi connectivity index (χ4v) is 2.18. The molecule has 0 aromatic heterocycles. The first-order chi connectivity index (χ1) is 10.1. The molecule has 1 atom stereocenters. The van der Waals surface area contributed by atoms with Gasteiger partial charge in [-0.1, -0.05) is 71.1 Å². The largest absolute Gasteiger partial charge is 0.391 e. The van der Waals surface area contributed by atoms with Gasteiger partial charge < -0.3 is 9.84 Å². The van der Waals surface area contributed by atoms with Crippen molar-refractivity contribution < 1.29 is 19.4 Å². The van der Waals surface area contributed by atoms with E-state index < -0.39 is 18.0 Å². The van der Waals surface area contributed by atoms with E-state index in [1.807, 2.05) is 0 Å². The van der Waals surface area contributed by atoms with Gasteiger partial charge >= 0.3 is 11.9 Å². The maximum absolute atomic E-state index is 11.3. The first-order valence-corrected chi connectivity index (χ1v) is 8.50. The number of carbonyl (C=O) groups is 2. The molecule has 0 aliphatic rings. The Labute approximate surface area is 178 Å². The number of unbranched alkanes of at least 4 members (excludes halogenated alkanes) is 10. The zero-order chi connectivity index (χ0) is 15.9. The summed E-state index contributed by atoms with van der Waals surface area (Å²) in [6.45, 7) is 3.52. The van der Waals surface area contributed by atoms with Crippen LogP contribution in [0.25, 0.3) is 0 Å². The van der Waals surface area contributed by atoms with Crippen molar-refractivity contribution in [3.8, 4) is 0 Å². The van der Waals surface area contributed by atoms with Gasteiger partial charge in [0.25, 0.3) is 0 Å². The number of esters is 2. The smallest absolute Gasteiger partial charge is 0.342 e. The van der Waals surface area contributed by atoms with Crippen molar-refractivity contribution >= 4 is 63.3 Å². The number of aliphatic hydroxyl groups is 1. The van der Waals surface area contributed by atoms with Crippen molar-refractivity contribution in [1.29, 1.82) is 0 Å². The second kappa shape index (κ2) is 18.1. The fraction of sp³-hybridized carbons (Fsp3) is 0.882. The maximum Gasteiger partial charge on any atom is 0.342 e. The van der Waals surface area contributed by atoms with Crippen molar-refractivity contribution in [1.82, 2.24) is 0 Å². The van der Waals surface area contributed by atoms with Gasteiger partial charge in [0.15, 0.2) is 0 Å². The molecular weight excluding hydrogens is 307 g/mol.